The van der Waals surface area contributed by atoms with Crippen molar-refractivity contribution in [2.24, 2.45) is 0 Å². The Morgan fingerprint density at radius 1 is 1.07 bits per heavy atom. The summed E-state index contributed by atoms with van der Waals surface area (Å²) < 4.78 is 111. The van der Waals surface area contributed by atoms with Crippen molar-refractivity contribution in [1.29, 1.82) is 0 Å². The molecule has 1 rings (SSSR count). The number of halogens is 6. The monoisotopic (exact) mass is 466 g/mol. The zero-order valence-corrected chi connectivity index (χ0v) is 16.3. The Labute approximate surface area is 155 Å². The average molecular weight is 466 g/mol. The van der Waals surface area contributed by atoms with Gasteiger partial charge in [-0.05, 0) is 0 Å². The maximum atomic E-state index is 11.4. The van der Waals surface area contributed by atoms with Crippen molar-refractivity contribution in [3.63, 3.8) is 0 Å². The third-order valence-electron chi connectivity index (χ3n) is 2.74. The van der Waals surface area contributed by atoms with Crippen molar-refractivity contribution in [1.82, 2.24) is 0 Å². The fourth-order valence-electron chi connectivity index (χ4n) is 1.47. The summed E-state index contributed by atoms with van der Waals surface area (Å²) in [5.41, 5.74) is -8.95. The number of hydrogen-bond donors (Lipinski definition) is 1. The number of rotatable bonds is 6. The lowest BCUT2D eigenvalue weighted by Crippen LogP contribution is -2.34. The second-order valence-electron chi connectivity index (χ2n) is 4.81. The van der Waals surface area contributed by atoms with E-state index in [0.717, 1.165) is 17.1 Å². The van der Waals surface area contributed by atoms with Crippen molar-refractivity contribution in [3.8, 4) is 0 Å². The number of hydrogen-bond acceptors (Lipinski definition) is 6. The summed E-state index contributed by atoms with van der Waals surface area (Å²) in [6.45, 7) is 5.65. The number of aryl methyl sites for hydroxylation is 1. The van der Waals surface area contributed by atoms with Crippen LogP contribution < -0.4 is 4.57 Å². The van der Waals surface area contributed by atoms with Gasteiger partial charge in [0.1, 0.15) is 6.54 Å². The maximum Gasteiger partial charge on any atom is 0.480 e. The van der Waals surface area contributed by atoms with E-state index in [1.807, 2.05) is 0 Å². The number of aliphatic hydroxyl groups excluding tert-OH is 1. The van der Waals surface area contributed by atoms with Gasteiger partial charge < -0.3 is 9.23 Å². The van der Waals surface area contributed by atoms with Crippen molar-refractivity contribution in [2.45, 2.75) is 44.3 Å². The fraction of sp³-hybridized carbons (Fsp3) is 0.727. The summed E-state index contributed by atoms with van der Waals surface area (Å²) in [6.07, 6.45) is 1.97. The van der Waals surface area contributed by atoms with Crippen LogP contribution in [-0.4, -0.2) is 39.6 Å². The third kappa shape index (κ3) is 7.52. The predicted octanol–water partition coefficient (Wildman–Crippen LogP) is 2.35. The molecule has 0 saturated heterocycles. The zero-order chi connectivity index (χ0) is 21.7. The number of nitrogens with zero attached hydrogens (tertiary/aromatic N) is 2. The van der Waals surface area contributed by atoms with E-state index in [1.54, 1.807) is 11.3 Å². The fourth-order valence-corrected chi connectivity index (χ4v) is 4.19. The number of alkyl halides is 6. The Balaban J connectivity index is 0.000000511. The van der Waals surface area contributed by atoms with Gasteiger partial charge in [0.05, 0.1) is 4.88 Å². The highest BCUT2D eigenvalue weighted by Crippen LogP contribution is 2.36. The van der Waals surface area contributed by atoms with Crippen molar-refractivity contribution in [2.75, 3.05) is 6.61 Å². The van der Waals surface area contributed by atoms with Crippen molar-refractivity contribution in [3.05, 3.63) is 20.2 Å². The molecule has 0 aliphatic rings. The standard InChI is InChI=1S/C9H16NOS.C2F6NO4S2/c1-3-5-10-7-12-9(4-6-11)8(10)2;3-1(4,5)14(10,11)9-15(12,13)2(6,7)8/h7,11H,3-6H2,1-2H3;/q+1;-1. The molecule has 0 saturated carbocycles. The maximum absolute atomic E-state index is 11.4. The molecule has 16 heteroatoms. The van der Waals surface area contributed by atoms with Crippen LogP contribution in [0.3, 0.4) is 0 Å². The molecule has 1 aromatic heterocycles. The van der Waals surface area contributed by atoms with Crippen LogP contribution in [0.4, 0.5) is 26.3 Å². The molecule has 0 aliphatic heterocycles. The van der Waals surface area contributed by atoms with Crippen LogP contribution >= 0.6 is 11.3 Å². The van der Waals surface area contributed by atoms with Gasteiger partial charge in [-0.2, -0.15) is 30.9 Å². The Kier molecular flexibility index (Phi) is 9.15. The van der Waals surface area contributed by atoms with E-state index in [-0.39, 0.29) is 6.61 Å². The highest BCUT2D eigenvalue weighted by atomic mass is 32.3. The third-order valence-corrected chi connectivity index (χ3v) is 6.63. The Hall–Kier alpha value is -0.970. The molecule has 0 radical (unpaired) electrons. The molecule has 7 nitrogen and oxygen atoms in total. The van der Waals surface area contributed by atoms with Crippen LogP contribution in [0.5, 0.6) is 0 Å². The summed E-state index contributed by atoms with van der Waals surface area (Å²) in [5.74, 6) is 0. The minimum absolute atomic E-state index is 0.257. The second kappa shape index (κ2) is 9.49. The molecular formula is C11H16F6N2O5S3. The molecule has 0 fully saturated rings. The van der Waals surface area contributed by atoms with Gasteiger partial charge in [-0.1, -0.05) is 18.3 Å². The molecule has 0 unspecified atom stereocenters. The summed E-state index contributed by atoms with van der Waals surface area (Å²) in [5, 5.41) is 8.78. The van der Waals surface area contributed by atoms with Gasteiger partial charge >= 0.3 is 11.0 Å². The van der Waals surface area contributed by atoms with E-state index in [0.29, 0.717) is 0 Å². The zero-order valence-electron chi connectivity index (χ0n) is 13.9. The SMILES string of the molecule is CCC[n+]1csc(CCO)c1C.O=S(=O)([N-]S(=O)(=O)C(F)(F)F)C(F)(F)F. The molecule has 0 aliphatic carbocycles. The molecule has 1 aromatic rings. The van der Waals surface area contributed by atoms with Gasteiger partial charge in [0.15, 0.2) is 25.7 Å². The predicted molar refractivity (Wildman–Crippen MR) is 83.6 cm³/mol. The van der Waals surface area contributed by atoms with Crippen LogP contribution in [0.1, 0.15) is 23.9 Å². The van der Waals surface area contributed by atoms with Crippen molar-refractivity contribution < 1.29 is 52.9 Å². The van der Waals surface area contributed by atoms with Crippen LogP contribution in [0.25, 0.3) is 4.13 Å². The number of sulfonamides is 2. The number of aromatic nitrogens is 1. The number of aliphatic hydroxyl groups is 1. The molecule has 0 amide bonds. The lowest BCUT2D eigenvalue weighted by atomic mass is 10.3. The van der Waals surface area contributed by atoms with Crippen LogP contribution in [0, 0.1) is 6.92 Å². The van der Waals surface area contributed by atoms with Gasteiger partial charge in [-0.3, -0.25) is 0 Å². The van der Waals surface area contributed by atoms with Crippen LogP contribution in [0.15, 0.2) is 5.51 Å². The Morgan fingerprint density at radius 2 is 1.52 bits per heavy atom. The molecule has 0 atom stereocenters. The molecular weight excluding hydrogens is 450 g/mol. The Morgan fingerprint density at radius 3 is 1.85 bits per heavy atom. The normalized spacial score (nSPS) is 13.2. The highest BCUT2D eigenvalue weighted by Gasteiger charge is 2.46. The van der Waals surface area contributed by atoms with E-state index in [1.165, 1.54) is 17.0 Å². The van der Waals surface area contributed by atoms with E-state index in [2.05, 4.69) is 23.9 Å². The van der Waals surface area contributed by atoms with E-state index >= 15 is 0 Å². The second-order valence-corrected chi connectivity index (χ2v) is 9.18. The lowest BCUT2D eigenvalue weighted by molar-refractivity contribution is -0.698. The van der Waals surface area contributed by atoms with E-state index in [9.17, 15) is 43.2 Å². The highest BCUT2D eigenvalue weighted by molar-refractivity contribution is 8.13. The summed E-state index contributed by atoms with van der Waals surface area (Å²) in [7, 11) is -13.4. The van der Waals surface area contributed by atoms with E-state index in [4.69, 9.17) is 5.11 Å². The van der Waals surface area contributed by atoms with Gasteiger partial charge in [-0.25, -0.2) is 16.8 Å². The summed E-state index contributed by atoms with van der Waals surface area (Å²) >= 11 is 1.74. The minimum atomic E-state index is -6.72. The molecule has 0 spiro atoms. The average Bonchev–Trinajstić information content (AvgIpc) is 2.78. The van der Waals surface area contributed by atoms with Gasteiger partial charge in [0.2, 0.25) is 5.51 Å². The Bertz CT molecular complexity index is 749. The topological polar surface area (TPSA) is 106 Å². The quantitative estimate of drug-likeness (QED) is 0.512. The summed E-state index contributed by atoms with van der Waals surface area (Å²) in [4.78, 5) is 1.31. The van der Waals surface area contributed by atoms with Crippen molar-refractivity contribution >= 4 is 31.4 Å². The first-order valence-electron chi connectivity index (χ1n) is 6.94. The van der Waals surface area contributed by atoms with Gasteiger partial charge in [-0.15, -0.1) is 0 Å². The largest absolute Gasteiger partial charge is 0.480 e. The smallest absolute Gasteiger partial charge is 0.421 e. The first kappa shape index (κ1) is 26.0. The molecule has 1 heterocycles. The molecule has 0 bridgehead atoms. The van der Waals surface area contributed by atoms with Gasteiger partial charge in [0.25, 0.3) is 0 Å². The van der Waals surface area contributed by atoms with Crippen LogP contribution in [0.2, 0.25) is 0 Å². The first-order valence-corrected chi connectivity index (χ1v) is 10.7. The molecule has 0 aromatic carbocycles. The molecule has 160 valence electrons. The lowest BCUT2D eigenvalue weighted by Gasteiger charge is -2.22. The minimum Gasteiger partial charge on any atom is -0.421 e. The van der Waals surface area contributed by atoms with E-state index < -0.39 is 31.1 Å². The molecule has 27 heavy (non-hydrogen) atoms. The van der Waals surface area contributed by atoms with Gasteiger partial charge in [0, 0.05) is 26.4 Å². The van der Waals surface area contributed by atoms with Crippen LogP contribution in [-0.2, 0) is 33.0 Å². The first-order chi connectivity index (χ1) is 12.0. The number of thiazole rings is 1. The molecule has 1 N–H and O–H groups in total. The summed E-state index contributed by atoms with van der Waals surface area (Å²) in [6, 6.07) is 0.